The van der Waals surface area contributed by atoms with Gasteiger partial charge in [-0.3, -0.25) is 4.79 Å². The van der Waals surface area contributed by atoms with E-state index >= 15 is 0 Å². The molecule has 30 heavy (non-hydrogen) atoms. The molecule has 6 nitrogen and oxygen atoms in total. The monoisotopic (exact) mass is 466 g/mol. The van der Waals surface area contributed by atoms with Crippen LogP contribution >= 0.6 is 15.9 Å². The Morgan fingerprint density at radius 2 is 1.77 bits per heavy atom. The van der Waals surface area contributed by atoms with Crippen molar-refractivity contribution in [1.82, 2.24) is 5.43 Å². The number of nitrogens with zero attached hydrogens (tertiary/aromatic N) is 1. The number of amides is 1. The van der Waals surface area contributed by atoms with Gasteiger partial charge in [-0.25, -0.2) is 10.2 Å². The third-order valence-electron chi connectivity index (χ3n) is 4.16. The van der Waals surface area contributed by atoms with Crippen molar-refractivity contribution in [3.8, 4) is 11.5 Å². The molecule has 0 fully saturated rings. The van der Waals surface area contributed by atoms with Crippen LogP contribution in [-0.2, 0) is 0 Å². The van der Waals surface area contributed by atoms with E-state index in [2.05, 4.69) is 26.5 Å². The van der Waals surface area contributed by atoms with Gasteiger partial charge in [-0.1, -0.05) is 40.2 Å². The van der Waals surface area contributed by atoms with E-state index in [0.717, 1.165) is 10.0 Å². The number of benzene rings is 3. The quantitative estimate of drug-likeness (QED) is 0.246. The van der Waals surface area contributed by atoms with Crippen molar-refractivity contribution in [1.29, 1.82) is 0 Å². The minimum Gasteiger partial charge on any atom is -0.496 e. The fourth-order valence-electron chi connectivity index (χ4n) is 2.65. The first kappa shape index (κ1) is 21.3. The summed E-state index contributed by atoms with van der Waals surface area (Å²) in [5, 5.41) is 4.01. The van der Waals surface area contributed by atoms with E-state index in [1.165, 1.54) is 13.3 Å². The molecule has 0 aliphatic heterocycles. The Morgan fingerprint density at radius 3 is 2.50 bits per heavy atom. The van der Waals surface area contributed by atoms with Crippen LogP contribution in [0.2, 0.25) is 0 Å². The largest absolute Gasteiger partial charge is 0.496 e. The molecule has 0 unspecified atom stereocenters. The number of rotatable bonds is 6. The van der Waals surface area contributed by atoms with Crippen molar-refractivity contribution in [2.24, 2.45) is 5.10 Å². The normalized spacial score (nSPS) is 10.6. The molecule has 1 N–H and O–H groups in total. The van der Waals surface area contributed by atoms with Gasteiger partial charge in [0.15, 0.2) is 0 Å². The van der Waals surface area contributed by atoms with E-state index in [0.29, 0.717) is 28.2 Å². The maximum atomic E-state index is 12.4. The van der Waals surface area contributed by atoms with Crippen LogP contribution in [0, 0.1) is 6.92 Å². The summed E-state index contributed by atoms with van der Waals surface area (Å²) in [6, 6.07) is 19.1. The predicted molar refractivity (Wildman–Crippen MR) is 118 cm³/mol. The number of hydrazone groups is 1. The van der Waals surface area contributed by atoms with Crippen LogP contribution < -0.4 is 14.9 Å². The molecule has 0 heterocycles. The molecule has 3 aromatic carbocycles. The molecule has 0 spiro atoms. The third-order valence-corrected chi connectivity index (χ3v) is 4.65. The highest BCUT2D eigenvalue weighted by Gasteiger charge is 2.13. The molecule has 0 atom stereocenters. The van der Waals surface area contributed by atoms with Gasteiger partial charge in [0.25, 0.3) is 5.91 Å². The van der Waals surface area contributed by atoms with Crippen LogP contribution in [0.5, 0.6) is 11.5 Å². The van der Waals surface area contributed by atoms with Gasteiger partial charge >= 0.3 is 5.97 Å². The number of ether oxygens (including phenoxy) is 2. The fraction of sp³-hybridized carbons (Fsp3) is 0.0870. The summed E-state index contributed by atoms with van der Waals surface area (Å²) in [7, 11) is 1.50. The summed E-state index contributed by atoms with van der Waals surface area (Å²) in [5.41, 5.74) is 4.76. The maximum Gasteiger partial charge on any atom is 0.343 e. The van der Waals surface area contributed by atoms with Crippen LogP contribution in [0.25, 0.3) is 0 Å². The Hall–Kier alpha value is -3.45. The zero-order valence-electron chi connectivity index (χ0n) is 16.4. The molecule has 3 rings (SSSR count). The Bertz CT molecular complexity index is 1100. The zero-order chi connectivity index (χ0) is 21.5. The fourth-order valence-corrected chi connectivity index (χ4v) is 3.03. The molecule has 0 saturated carbocycles. The summed E-state index contributed by atoms with van der Waals surface area (Å²) < 4.78 is 11.5. The first-order chi connectivity index (χ1) is 14.5. The van der Waals surface area contributed by atoms with Gasteiger partial charge < -0.3 is 9.47 Å². The maximum absolute atomic E-state index is 12.4. The van der Waals surface area contributed by atoms with Crippen LogP contribution in [-0.4, -0.2) is 25.2 Å². The zero-order valence-corrected chi connectivity index (χ0v) is 18.0. The van der Waals surface area contributed by atoms with Crippen molar-refractivity contribution in [2.45, 2.75) is 6.92 Å². The number of nitrogens with one attached hydrogen (secondary N) is 1. The van der Waals surface area contributed by atoms with E-state index in [9.17, 15) is 9.59 Å². The molecule has 0 saturated heterocycles. The minimum atomic E-state index is -0.485. The van der Waals surface area contributed by atoms with Gasteiger partial charge in [0.1, 0.15) is 11.5 Å². The van der Waals surface area contributed by atoms with Crippen LogP contribution in [0.3, 0.4) is 0 Å². The standard InChI is InChI=1S/C23H19BrN2O4/c1-15-8-10-19(21(12-15)29-2)22(27)26-25-14-17-13-18(24)9-11-20(17)30-23(28)16-6-4-3-5-7-16/h3-14H,1-2H3,(H,26,27)/b25-14-. The Kier molecular flexibility index (Phi) is 6.98. The summed E-state index contributed by atoms with van der Waals surface area (Å²) in [6.07, 6.45) is 1.41. The highest BCUT2D eigenvalue weighted by molar-refractivity contribution is 9.10. The summed E-state index contributed by atoms with van der Waals surface area (Å²) in [6.45, 7) is 1.91. The average Bonchev–Trinajstić information content (AvgIpc) is 2.75. The highest BCUT2D eigenvalue weighted by atomic mass is 79.9. The van der Waals surface area contributed by atoms with Crippen LogP contribution in [0.15, 0.2) is 76.3 Å². The van der Waals surface area contributed by atoms with Gasteiger partial charge in [-0.05, 0) is 55.0 Å². The molecule has 0 aliphatic carbocycles. The van der Waals surface area contributed by atoms with Gasteiger partial charge in [0.05, 0.1) is 24.5 Å². The van der Waals surface area contributed by atoms with E-state index in [-0.39, 0.29) is 0 Å². The lowest BCUT2D eigenvalue weighted by Crippen LogP contribution is -2.18. The van der Waals surface area contributed by atoms with Crippen molar-refractivity contribution >= 4 is 34.0 Å². The number of carbonyl (C=O) groups excluding carboxylic acids is 2. The highest BCUT2D eigenvalue weighted by Crippen LogP contribution is 2.23. The molecule has 1 amide bonds. The average molecular weight is 467 g/mol. The first-order valence-electron chi connectivity index (χ1n) is 9.03. The topological polar surface area (TPSA) is 77.0 Å². The van der Waals surface area contributed by atoms with Crippen molar-refractivity contribution in [2.75, 3.05) is 7.11 Å². The van der Waals surface area contributed by atoms with Crippen molar-refractivity contribution in [3.63, 3.8) is 0 Å². The van der Waals surface area contributed by atoms with Crippen LogP contribution in [0.1, 0.15) is 31.8 Å². The number of aryl methyl sites for hydroxylation is 1. The molecule has 0 radical (unpaired) electrons. The Labute approximate surface area is 182 Å². The van der Waals surface area contributed by atoms with Crippen LogP contribution in [0.4, 0.5) is 0 Å². The number of esters is 1. The third kappa shape index (κ3) is 5.33. The molecule has 152 valence electrons. The molecule has 7 heteroatoms. The molecule has 3 aromatic rings. The molecular formula is C23H19BrN2O4. The smallest absolute Gasteiger partial charge is 0.343 e. The number of hydrogen-bond acceptors (Lipinski definition) is 5. The van der Waals surface area contributed by atoms with E-state index in [4.69, 9.17) is 9.47 Å². The first-order valence-corrected chi connectivity index (χ1v) is 9.82. The van der Waals surface area contributed by atoms with Crippen molar-refractivity contribution in [3.05, 3.63) is 93.5 Å². The molecule has 0 aromatic heterocycles. The number of carbonyl (C=O) groups is 2. The molecule has 0 aliphatic rings. The minimum absolute atomic E-state index is 0.318. The van der Waals surface area contributed by atoms with Gasteiger partial charge in [-0.2, -0.15) is 5.10 Å². The predicted octanol–water partition coefficient (Wildman–Crippen LogP) is 4.75. The lowest BCUT2D eigenvalue weighted by atomic mass is 10.1. The lowest BCUT2D eigenvalue weighted by Gasteiger charge is -2.09. The second kappa shape index (κ2) is 9.84. The van der Waals surface area contributed by atoms with Gasteiger partial charge in [0, 0.05) is 10.0 Å². The number of hydrogen-bond donors (Lipinski definition) is 1. The molecule has 0 bridgehead atoms. The second-order valence-corrected chi connectivity index (χ2v) is 7.26. The van der Waals surface area contributed by atoms with E-state index in [1.807, 2.05) is 19.1 Å². The molecular weight excluding hydrogens is 448 g/mol. The Morgan fingerprint density at radius 1 is 1.00 bits per heavy atom. The number of halogens is 1. The summed E-state index contributed by atoms with van der Waals surface area (Å²) in [4.78, 5) is 24.8. The second-order valence-electron chi connectivity index (χ2n) is 6.34. The lowest BCUT2D eigenvalue weighted by molar-refractivity contribution is 0.0734. The summed E-state index contributed by atoms with van der Waals surface area (Å²) in [5.74, 6) is -0.123. The number of methoxy groups -OCH3 is 1. The van der Waals surface area contributed by atoms with Gasteiger partial charge in [-0.15, -0.1) is 0 Å². The SMILES string of the molecule is COc1cc(C)ccc1C(=O)N/N=C\c1cc(Br)ccc1OC(=O)c1ccccc1. The van der Waals surface area contributed by atoms with E-state index in [1.54, 1.807) is 54.6 Å². The van der Waals surface area contributed by atoms with E-state index < -0.39 is 11.9 Å². The van der Waals surface area contributed by atoms with Gasteiger partial charge in [0.2, 0.25) is 0 Å². The van der Waals surface area contributed by atoms with Crippen molar-refractivity contribution < 1.29 is 19.1 Å². The summed E-state index contributed by atoms with van der Waals surface area (Å²) >= 11 is 3.38. The Balaban J connectivity index is 1.76.